The van der Waals surface area contributed by atoms with E-state index in [9.17, 15) is 0 Å². The number of hydrogen-bond acceptors (Lipinski definition) is 3. The van der Waals surface area contributed by atoms with Gasteiger partial charge in [-0.2, -0.15) is 0 Å². The van der Waals surface area contributed by atoms with E-state index in [1.165, 1.54) is 39.3 Å². The fourth-order valence-electron chi connectivity index (χ4n) is 1.45. The molecule has 0 N–H and O–H groups in total. The van der Waals surface area contributed by atoms with Gasteiger partial charge in [-0.3, -0.25) is 0 Å². The maximum absolute atomic E-state index is 3.47. The van der Waals surface area contributed by atoms with Crippen LogP contribution in [0, 0.1) is 0 Å². The zero-order valence-corrected chi connectivity index (χ0v) is 9.05. The van der Waals surface area contributed by atoms with Crippen molar-refractivity contribution < 1.29 is 0 Å². The second-order valence-electron chi connectivity index (χ2n) is 3.37. The predicted molar refractivity (Wildman–Crippen MR) is 47.4 cm³/mol. The van der Waals surface area contributed by atoms with Gasteiger partial charge in [0, 0.05) is 0 Å². The van der Waals surface area contributed by atoms with Gasteiger partial charge in [0.05, 0.1) is 0 Å². The molecule has 0 aliphatic carbocycles. The van der Waals surface area contributed by atoms with E-state index in [0.29, 0.717) is 0 Å². The maximum atomic E-state index is 3.47. The molecule has 3 nitrogen and oxygen atoms in total. The standard InChI is InChI=1S/C6H12N3PSe/c11-10(7-1-2-7,8-3-4-8)9-5-6-9/h1-6H2. The van der Waals surface area contributed by atoms with Crippen LogP contribution in [0.25, 0.3) is 0 Å². The summed E-state index contributed by atoms with van der Waals surface area (Å²) in [4.78, 5) is 0. The normalized spacial score (nSPS) is 32.4. The Balaban J connectivity index is 1.88. The van der Waals surface area contributed by atoms with Crippen LogP contribution in [-0.4, -0.2) is 68.4 Å². The van der Waals surface area contributed by atoms with E-state index < -0.39 is 5.96 Å². The van der Waals surface area contributed by atoms with Crippen molar-refractivity contribution in [3.8, 4) is 0 Å². The van der Waals surface area contributed by atoms with Gasteiger partial charge in [0.25, 0.3) is 0 Å². The number of nitrogens with zero attached hydrogens (tertiary/aromatic N) is 3. The Bertz CT molecular complexity index is 194. The Hall–Kier alpha value is 0.829. The Morgan fingerprint density at radius 1 is 0.727 bits per heavy atom. The summed E-state index contributed by atoms with van der Waals surface area (Å²) >= 11 is 3.47. The molecule has 0 aromatic carbocycles. The van der Waals surface area contributed by atoms with Crippen molar-refractivity contribution in [2.45, 2.75) is 0 Å². The first-order chi connectivity index (χ1) is 5.32. The Kier molecular flexibility index (Phi) is 1.45. The molecule has 0 bridgehead atoms. The average molecular weight is 236 g/mol. The monoisotopic (exact) mass is 237 g/mol. The molecule has 3 rings (SSSR count). The van der Waals surface area contributed by atoms with Gasteiger partial charge >= 0.3 is 74.3 Å². The molecule has 0 spiro atoms. The van der Waals surface area contributed by atoms with Crippen LogP contribution in [0.4, 0.5) is 0 Å². The van der Waals surface area contributed by atoms with Gasteiger partial charge in [0.15, 0.2) is 0 Å². The van der Waals surface area contributed by atoms with Crippen LogP contribution in [0.3, 0.4) is 0 Å². The molecule has 3 fully saturated rings. The molecule has 3 saturated heterocycles. The average Bonchev–Trinajstić information content (AvgIpc) is 2.81. The third-order valence-corrected chi connectivity index (χ3v) is 10.1. The molecule has 0 aromatic heterocycles. The summed E-state index contributed by atoms with van der Waals surface area (Å²) in [5.74, 6) is -0.977. The Labute approximate surface area is 74.7 Å². The zero-order valence-electron chi connectivity index (χ0n) is 6.44. The summed E-state index contributed by atoms with van der Waals surface area (Å²) in [6.07, 6.45) is 0. The van der Waals surface area contributed by atoms with Crippen LogP contribution < -0.4 is 0 Å². The van der Waals surface area contributed by atoms with E-state index in [1.807, 2.05) is 0 Å². The fraction of sp³-hybridized carbons (Fsp3) is 1.00. The molecular weight excluding hydrogens is 224 g/mol. The van der Waals surface area contributed by atoms with Gasteiger partial charge in [-0.1, -0.05) is 0 Å². The third-order valence-electron chi connectivity index (χ3n) is 2.38. The van der Waals surface area contributed by atoms with E-state index in [-0.39, 0.29) is 0 Å². The van der Waals surface area contributed by atoms with E-state index in [4.69, 9.17) is 0 Å². The Morgan fingerprint density at radius 3 is 1.18 bits per heavy atom. The van der Waals surface area contributed by atoms with Crippen LogP contribution in [0.15, 0.2) is 0 Å². The summed E-state index contributed by atoms with van der Waals surface area (Å²) in [6.45, 7) is 7.96. The van der Waals surface area contributed by atoms with Gasteiger partial charge in [-0.05, 0) is 0 Å². The van der Waals surface area contributed by atoms with Crippen molar-refractivity contribution in [2.24, 2.45) is 0 Å². The van der Waals surface area contributed by atoms with Crippen molar-refractivity contribution in [1.29, 1.82) is 0 Å². The molecule has 5 heteroatoms. The summed E-state index contributed by atoms with van der Waals surface area (Å²) < 4.78 is 7.85. The molecule has 0 amide bonds. The number of rotatable bonds is 3. The quantitative estimate of drug-likeness (QED) is 0.381. The minimum absolute atomic E-state index is 0.977. The van der Waals surface area contributed by atoms with Crippen LogP contribution in [-0.2, 0) is 0 Å². The molecular formula is C6H12N3PSe. The molecule has 0 saturated carbocycles. The van der Waals surface area contributed by atoms with E-state index in [2.05, 4.69) is 29.1 Å². The first-order valence-electron chi connectivity index (χ1n) is 4.18. The molecule has 0 aromatic rings. The third kappa shape index (κ3) is 1.09. The van der Waals surface area contributed by atoms with Gasteiger partial charge < -0.3 is 0 Å². The van der Waals surface area contributed by atoms with Crippen molar-refractivity contribution >= 4 is 21.1 Å². The van der Waals surface area contributed by atoms with Crippen molar-refractivity contribution in [3.63, 3.8) is 0 Å². The van der Waals surface area contributed by atoms with Crippen LogP contribution in [0.5, 0.6) is 0 Å². The topological polar surface area (TPSA) is 9.03 Å². The van der Waals surface area contributed by atoms with Crippen molar-refractivity contribution in [1.82, 2.24) is 14.0 Å². The molecule has 0 radical (unpaired) electrons. The van der Waals surface area contributed by atoms with E-state index in [1.54, 1.807) is 0 Å². The van der Waals surface area contributed by atoms with E-state index in [0.717, 1.165) is 0 Å². The molecule has 11 heavy (non-hydrogen) atoms. The summed E-state index contributed by atoms with van der Waals surface area (Å²) in [5.41, 5.74) is 0. The first-order valence-corrected chi connectivity index (χ1v) is 8.04. The Morgan fingerprint density at radius 2 is 1.00 bits per heavy atom. The number of hydrogen-bond donors (Lipinski definition) is 0. The van der Waals surface area contributed by atoms with Gasteiger partial charge in [-0.25, -0.2) is 0 Å². The van der Waals surface area contributed by atoms with E-state index >= 15 is 0 Å². The molecule has 62 valence electrons. The van der Waals surface area contributed by atoms with Crippen LogP contribution in [0.1, 0.15) is 0 Å². The summed E-state index contributed by atoms with van der Waals surface area (Å²) in [7, 11) is 0. The SMILES string of the molecule is [Se]=P(N1CC1)(N1CC1)N1CC1. The fourth-order valence-corrected chi connectivity index (χ4v) is 7.44. The summed E-state index contributed by atoms with van der Waals surface area (Å²) in [6, 6.07) is 0. The van der Waals surface area contributed by atoms with Gasteiger partial charge in [-0.15, -0.1) is 0 Å². The molecule has 0 unspecified atom stereocenters. The van der Waals surface area contributed by atoms with Crippen molar-refractivity contribution in [3.05, 3.63) is 0 Å². The predicted octanol–water partition coefficient (Wildman–Crippen LogP) is -0.221. The molecule has 3 aliphatic heterocycles. The van der Waals surface area contributed by atoms with Crippen molar-refractivity contribution in [2.75, 3.05) is 39.3 Å². The van der Waals surface area contributed by atoms with Crippen LogP contribution >= 0.6 is 5.96 Å². The van der Waals surface area contributed by atoms with Gasteiger partial charge in [0.1, 0.15) is 0 Å². The summed E-state index contributed by atoms with van der Waals surface area (Å²) in [5, 5.41) is 0. The molecule has 0 atom stereocenters. The molecule has 3 aliphatic rings. The molecule has 3 heterocycles. The second kappa shape index (κ2) is 2.20. The zero-order chi connectivity index (χ0) is 7.47. The second-order valence-corrected chi connectivity index (χ2v) is 9.18. The first kappa shape index (κ1) is 7.25. The van der Waals surface area contributed by atoms with Crippen LogP contribution in [0.2, 0.25) is 0 Å². The van der Waals surface area contributed by atoms with Gasteiger partial charge in [0.2, 0.25) is 0 Å². The minimum atomic E-state index is -0.977.